The van der Waals surface area contributed by atoms with Crippen LogP contribution in [0.25, 0.3) is 0 Å². The molecule has 0 aliphatic carbocycles. The molecule has 0 spiro atoms. The van der Waals surface area contributed by atoms with E-state index in [1.165, 1.54) is 10.6 Å². The number of aryl methyl sites for hydroxylation is 3. The highest BCUT2D eigenvalue weighted by atomic mass is 32.2. The van der Waals surface area contributed by atoms with Crippen LogP contribution in [0.1, 0.15) is 35.2 Å². The lowest BCUT2D eigenvalue weighted by atomic mass is 10.2. The Balaban J connectivity index is 1.70. The van der Waals surface area contributed by atoms with Gasteiger partial charge < -0.3 is 9.47 Å². The van der Waals surface area contributed by atoms with E-state index in [1.54, 1.807) is 22.0 Å². The van der Waals surface area contributed by atoms with Gasteiger partial charge in [-0.1, -0.05) is 0 Å². The fraction of sp³-hybridized carbons (Fsp3) is 0.611. The molecule has 9 nitrogen and oxygen atoms in total. The van der Waals surface area contributed by atoms with Crippen molar-refractivity contribution < 1.29 is 13.2 Å². The summed E-state index contributed by atoms with van der Waals surface area (Å²) < 4.78 is 30.0. The van der Waals surface area contributed by atoms with Crippen LogP contribution in [-0.2, 0) is 23.1 Å². The summed E-state index contributed by atoms with van der Waals surface area (Å²) in [7, 11) is -3.39. The van der Waals surface area contributed by atoms with E-state index in [1.807, 2.05) is 31.5 Å². The molecule has 0 aromatic carbocycles. The SMILES string of the molecule is CCn1cc(C(=O)N2CCC(N(CCn3ccnc3C)S(C)(=O)=O)C2)c(C)n1. The van der Waals surface area contributed by atoms with Gasteiger partial charge in [-0.05, 0) is 27.2 Å². The number of carbonyl (C=O) groups is 1. The molecule has 1 amide bonds. The Morgan fingerprint density at radius 3 is 2.68 bits per heavy atom. The lowest BCUT2D eigenvalue weighted by Crippen LogP contribution is -2.43. The Morgan fingerprint density at radius 2 is 2.11 bits per heavy atom. The Hall–Kier alpha value is -2.20. The largest absolute Gasteiger partial charge is 0.337 e. The molecule has 3 heterocycles. The van der Waals surface area contributed by atoms with Crippen molar-refractivity contribution in [1.82, 2.24) is 28.5 Å². The molecule has 0 saturated carbocycles. The van der Waals surface area contributed by atoms with Gasteiger partial charge in [0.25, 0.3) is 5.91 Å². The predicted molar refractivity (Wildman–Crippen MR) is 105 cm³/mol. The van der Waals surface area contributed by atoms with Crippen molar-refractivity contribution >= 4 is 15.9 Å². The standard InChI is InChI=1S/C18H28N6O3S/c1-5-23-13-17(14(2)20-23)18(25)22-8-6-16(12-22)24(28(4,26)27)11-10-21-9-7-19-15(21)3/h7,9,13,16H,5-6,8,10-12H2,1-4H3. The van der Waals surface area contributed by atoms with Crippen LogP contribution in [0.5, 0.6) is 0 Å². The van der Waals surface area contributed by atoms with Crippen LogP contribution < -0.4 is 0 Å². The van der Waals surface area contributed by atoms with Crippen LogP contribution in [0.15, 0.2) is 18.6 Å². The average molecular weight is 409 g/mol. The summed E-state index contributed by atoms with van der Waals surface area (Å²) >= 11 is 0. The van der Waals surface area contributed by atoms with Gasteiger partial charge in [0.05, 0.1) is 17.5 Å². The van der Waals surface area contributed by atoms with Gasteiger partial charge in [-0.15, -0.1) is 0 Å². The number of rotatable bonds is 7. The van der Waals surface area contributed by atoms with E-state index < -0.39 is 10.0 Å². The molecule has 2 aromatic heterocycles. The molecule has 1 atom stereocenters. The Kier molecular flexibility index (Phi) is 5.90. The van der Waals surface area contributed by atoms with E-state index in [0.717, 1.165) is 5.82 Å². The van der Waals surface area contributed by atoms with Crippen LogP contribution in [0.4, 0.5) is 0 Å². The van der Waals surface area contributed by atoms with Crippen LogP contribution >= 0.6 is 0 Å². The van der Waals surface area contributed by atoms with Gasteiger partial charge in [0, 0.05) is 57.4 Å². The van der Waals surface area contributed by atoms with Crippen LogP contribution in [0.3, 0.4) is 0 Å². The number of hydrogen-bond donors (Lipinski definition) is 0. The maximum atomic E-state index is 12.9. The number of nitrogens with zero attached hydrogens (tertiary/aromatic N) is 6. The minimum Gasteiger partial charge on any atom is -0.337 e. The van der Waals surface area contributed by atoms with Gasteiger partial charge in [0.15, 0.2) is 0 Å². The molecule has 1 aliphatic rings. The first-order valence-corrected chi connectivity index (χ1v) is 11.3. The van der Waals surface area contributed by atoms with Crippen molar-refractivity contribution in [2.45, 2.75) is 46.3 Å². The second-order valence-electron chi connectivity index (χ2n) is 7.22. The van der Waals surface area contributed by atoms with E-state index in [4.69, 9.17) is 0 Å². The van der Waals surface area contributed by atoms with Gasteiger partial charge in [-0.2, -0.15) is 9.40 Å². The number of hydrogen-bond acceptors (Lipinski definition) is 5. The molecule has 0 bridgehead atoms. The summed E-state index contributed by atoms with van der Waals surface area (Å²) in [6, 6.07) is -0.218. The molecule has 0 N–H and O–H groups in total. The minimum atomic E-state index is -3.39. The Morgan fingerprint density at radius 1 is 1.36 bits per heavy atom. The summed E-state index contributed by atoms with van der Waals surface area (Å²) in [5.41, 5.74) is 1.29. The molecule has 3 rings (SSSR count). The van der Waals surface area contributed by atoms with E-state index in [-0.39, 0.29) is 11.9 Å². The minimum absolute atomic E-state index is 0.0846. The number of likely N-dealkylation sites (tertiary alicyclic amines) is 1. The van der Waals surface area contributed by atoms with E-state index >= 15 is 0 Å². The molecular formula is C18H28N6O3S. The third-order valence-corrected chi connectivity index (χ3v) is 6.60. The summed E-state index contributed by atoms with van der Waals surface area (Å²) in [5.74, 6) is 0.763. The molecule has 154 valence electrons. The Labute approximate surface area is 166 Å². The van der Waals surface area contributed by atoms with Crippen molar-refractivity contribution in [1.29, 1.82) is 0 Å². The van der Waals surface area contributed by atoms with Gasteiger partial charge in [-0.25, -0.2) is 13.4 Å². The first-order chi connectivity index (χ1) is 13.2. The molecule has 2 aromatic rings. The first kappa shape index (κ1) is 20.5. The van der Waals surface area contributed by atoms with Crippen LogP contribution in [0, 0.1) is 13.8 Å². The second-order valence-corrected chi connectivity index (χ2v) is 9.15. The van der Waals surface area contributed by atoms with Gasteiger partial charge in [0.1, 0.15) is 5.82 Å². The topological polar surface area (TPSA) is 93.3 Å². The highest BCUT2D eigenvalue weighted by molar-refractivity contribution is 7.88. The van der Waals surface area contributed by atoms with Crippen molar-refractivity contribution in [3.8, 4) is 0 Å². The number of amides is 1. The predicted octanol–water partition coefficient (Wildman–Crippen LogP) is 0.893. The number of carbonyl (C=O) groups excluding carboxylic acids is 1. The Bertz CT molecular complexity index is 948. The van der Waals surface area contributed by atoms with Gasteiger partial charge in [-0.3, -0.25) is 9.48 Å². The zero-order chi connectivity index (χ0) is 20.5. The summed E-state index contributed by atoms with van der Waals surface area (Å²) in [5, 5.41) is 4.34. The molecular weight excluding hydrogens is 380 g/mol. The van der Waals surface area contributed by atoms with Crippen LogP contribution in [-0.4, -0.2) is 74.8 Å². The third-order valence-electron chi connectivity index (χ3n) is 5.27. The monoisotopic (exact) mass is 408 g/mol. The first-order valence-electron chi connectivity index (χ1n) is 9.48. The quantitative estimate of drug-likeness (QED) is 0.678. The smallest absolute Gasteiger partial charge is 0.257 e. The fourth-order valence-electron chi connectivity index (χ4n) is 3.69. The van der Waals surface area contributed by atoms with Gasteiger partial charge in [0.2, 0.25) is 10.0 Å². The number of sulfonamides is 1. The molecule has 1 fully saturated rings. The average Bonchev–Trinajstić information content (AvgIpc) is 3.34. The maximum absolute atomic E-state index is 12.9. The summed E-state index contributed by atoms with van der Waals surface area (Å²) in [6.07, 6.45) is 7.17. The molecule has 10 heteroatoms. The summed E-state index contributed by atoms with van der Waals surface area (Å²) in [4.78, 5) is 18.8. The molecule has 1 saturated heterocycles. The van der Waals surface area contributed by atoms with Crippen molar-refractivity contribution in [3.05, 3.63) is 35.7 Å². The molecule has 1 aliphatic heterocycles. The molecule has 0 radical (unpaired) electrons. The van der Waals surface area contributed by atoms with Crippen molar-refractivity contribution in [2.75, 3.05) is 25.9 Å². The van der Waals surface area contributed by atoms with Crippen molar-refractivity contribution in [2.24, 2.45) is 0 Å². The second kappa shape index (κ2) is 8.04. The molecule has 28 heavy (non-hydrogen) atoms. The zero-order valence-electron chi connectivity index (χ0n) is 16.9. The fourth-order valence-corrected chi connectivity index (χ4v) is 4.81. The number of imidazole rings is 1. The maximum Gasteiger partial charge on any atom is 0.257 e. The van der Waals surface area contributed by atoms with E-state index in [0.29, 0.717) is 50.4 Å². The zero-order valence-corrected chi connectivity index (χ0v) is 17.7. The van der Waals surface area contributed by atoms with Crippen molar-refractivity contribution in [3.63, 3.8) is 0 Å². The van der Waals surface area contributed by atoms with E-state index in [2.05, 4.69) is 10.1 Å². The highest BCUT2D eigenvalue weighted by Crippen LogP contribution is 2.21. The third kappa shape index (κ3) is 4.27. The lowest BCUT2D eigenvalue weighted by molar-refractivity contribution is 0.0783. The molecule has 1 unspecified atom stereocenters. The van der Waals surface area contributed by atoms with Gasteiger partial charge >= 0.3 is 0 Å². The number of aromatic nitrogens is 4. The van der Waals surface area contributed by atoms with E-state index in [9.17, 15) is 13.2 Å². The highest BCUT2D eigenvalue weighted by Gasteiger charge is 2.35. The van der Waals surface area contributed by atoms with Crippen LogP contribution in [0.2, 0.25) is 0 Å². The summed E-state index contributed by atoms with van der Waals surface area (Å²) in [6.45, 7) is 8.21. The lowest BCUT2D eigenvalue weighted by Gasteiger charge is -2.27. The normalized spacial score (nSPS) is 17.6.